The predicted octanol–water partition coefficient (Wildman–Crippen LogP) is 2.09. The molecule has 1 aromatic heterocycles. The lowest BCUT2D eigenvalue weighted by Gasteiger charge is -2.07. The number of carbonyl (C=O) groups excluding carboxylic acids is 1. The number of nitrogens with one attached hydrogen (secondary N) is 1. The second-order valence-electron chi connectivity index (χ2n) is 4.08. The van der Waals surface area contributed by atoms with Crippen LogP contribution in [0.1, 0.15) is 29.4 Å². The summed E-state index contributed by atoms with van der Waals surface area (Å²) in [5, 5.41) is 3.97. The molecule has 0 aliphatic heterocycles. The average molecular weight is 302 g/mol. The summed E-state index contributed by atoms with van der Waals surface area (Å²) in [5.74, 6) is -0.322. The highest BCUT2D eigenvalue weighted by atomic mass is 32.1. The maximum absolute atomic E-state index is 11.8. The van der Waals surface area contributed by atoms with Gasteiger partial charge >= 0.3 is 5.97 Å². The van der Waals surface area contributed by atoms with E-state index in [1.165, 1.54) is 11.5 Å². The summed E-state index contributed by atoms with van der Waals surface area (Å²) in [6.07, 6.45) is 0.850. The number of esters is 1. The first-order chi connectivity index (χ1) is 9.70. The van der Waals surface area contributed by atoms with Gasteiger partial charge in [-0.2, -0.15) is 4.37 Å². The third-order valence-corrected chi connectivity index (χ3v) is 3.42. The molecule has 1 heterocycles. The van der Waals surface area contributed by atoms with E-state index in [1.54, 1.807) is 14.0 Å². The summed E-state index contributed by atoms with van der Waals surface area (Å²) in [6, 6.07) is 0. The molecule has 1 rings (SSSR count). The van der Waals surface area contributed by atoms with Gasteiger partial charge in [-0.15, -0.1) is 0 Å². The number of aromatic nitrogens is 1. The Morgan fingerprint density at radius 2 is 2.15 bits per heavy atom. The molecule has 1 aromatic rings. The molecule has 0 aliphatic rings. The molecular formula is C13H22N2O4S. The van der Waals surface area contributed by atoms with Crippen molar-refractivity contribution in [3.8, 4) is 0 Å². The number of hydrogen-bond donors (Lipinski definition) is 1. The van der Waals surface area contributed by atoms with Crippen LogP contribution in [0, 0.1) is 6.92 Å². The van der Waals surface area contributed by atoms with Gasteiger partial charge in [0.15, 0.2) is 0 Å². The van der Waals surface area contributed by atoms with Crippen molar-refractivity contribution < 1.29 is 19.0 Å². The van der Waals surface area contributed by atoms with E-state index in [0.717, 1.165) is 18.0 Å². The average Bonchev–Trinajstić information content (AvgIpc) is 2.79. The van der Waals surface area contributed by atoms with Crippen molar-refractivity contribution in [2.45, 2.75) is 20.3 Å². The number of hydrogen-bond acceptors (Lipinski definition) is 7. The van der Waals surface area contributed by atoms with Crippen LogP contribution in [0.2, 0.25) is 0 Å². The Balaban J connectivity index is 2.35. The quantitative estimate of drug-likeness (QED) is 0.527. The minimum absolute atomic E-state index is 0.322. The molecule has 0 atom stereocenters. The molecule has 0 aliphatic carbocycles. The molecule has 0 radical (unpaired) electrons. The minimum atomic E-state index is -0.322. The van der Waals surface area contributed by atoms with Gasteiger partial charge in [-0.3, -0.25) is 0 Å². The molecule has 0 saturated heterocycles. The minimum Gasteiger partial charge on any atom is -0.462 e. The number of carbonyl (C=O) groups is 1. The maximum Gasteiger partial charge on any atom is 0.343 e. The van der Waals surface area contributed by atoms with Gasteiger partial charge < -0.3 is 19.5 Å². The molecule has 0 unspecified atom stereocenters. The lowest BCUT2D eigenvalue weighted by atomic mass is 10.2. The molecule has 20 heavy (non-hydrogen) atoms. The summed E-state index contributed by atoms with van der Waals surface area (Å²) in [5.41, 5.74) is 1.24. The molecule has 0 aromatic carbocycles. The zero-order valence-corrected chi connectivity index (χ0v) is 13.0. The van der Waals surface area contributed by atoms with E-state index in [1.807, 2.05) is 6.92 Å². The molecule has 0 saturated carbocycles. The number of anilines is 1. The first-order valence-corrected chi connectivity index (χ1v) is 7.42. The molecule has 6 nitrogen and oxygen atoms in total. The van der Waals surface area contributed by atoms with Gasteiger partial charge in [-0.25, -0.2) is 4.79 Å². The summed E-state index contributed by atoms with van der Waals surface area (Å²) in [4.78, 5) is 11.8. The van der Waals surface area contributed by atoms with Gasteiger partial charge in [-0.1, -0.05) is 0 Å². The summed E-state index contributed by atoms with van der Waals surface area (Å²) >= 11 is 1.28. The molecule has 0 spiro atoms. The van der Waals surface area contributed by atoms with Crippen LogP contribution >= 0.6 is 11.5 Å². The van der Waals surface area contributed by atoms with Crippen LogP contribution in [-0.4, -0.2) is 50.4 Å². The van der Waals surface area contributed by atoms with Crippen LogP contribution in [0.4, 0.5) is 5.00 Å². The Morgan fingerprint density at radius 3 is 2.85 bits per heavy atom. The molecule has 114 valence electrons. The highest BCUT2D eigenvalue weighted by Gasteiger charge is 2.19. The van der Waals surface area contributed by atoms with E-state index in [4.69, 9.17) is 14.2 Å². The standard InChI is InChI=1S/C13H22N2O4S/c1-4-19-13(16)11-10(2)15-20-12(11)14-6-5-7-18-9-8-17-3/h14H,4-9H2,1-3H3. The summed E-state index contributed by atoms with van der Waals surface area (Å²) in [7, 11) is 1.65. The number of nitrogens with zero attached hydrogens (tertiary/aromatic N) is 1. The van der Waals surface area contributed by atoms with Crippen LogP contribution in [0.3, 0.4) is 0 Å². The molecule has 1 N–H and O–H groups in total. The van der Waals surface area contributed by atoms with Gasteiger partial charge in [0, 0.05) is 20.3 Å². The lowest BCUT2D eigenvalue weighted by Crippen LogP contribution is -2.11. The van der Waals surface area contributed by atoms with E-state index in [-0.39, 0.29) is 5.97 Å². The van der Waals surface area contributed by atoms with Crippen molar-refractivity contribution in [1.29, 1.82) is 0 Å². The third-order valence-electron chi connectivity index (χ3n) is 2.53. The Morgan fingerprint density at radius 1 is 1.35 bits per heavy atom. The lowest BCUT2D eigenvalue weighted by molar-refractivity contribution is 0.0527. The largest absolute Gasteiger partial charge is 0.462 e. The van der Waals surface area contributed by atoms with E-state index < -0.39 is 0 Å². The van der Waals surface area contributed by atoms with Crippen molar-refractivity contribution in [2.24, 2.45) is 0 Å². The fourth-order valence-electron chi connectivity index (χ4n) is 1.55. The van der Waals surface area contributed by atoms with Crippen molar-refractivity contribution >= 4 is 22.5 Å². The van der Waals surface area contributed by atoms with Gasteiger partial charge in [0.1, 0.15) is 10.6 Å². The van der Waals surface area contributed by atoms with Crippen molar-refractivity contribution in [1.82, 2.24) is 4.37 Å². The zero-order valence-electron chi connectivity index (χ0n) is 12.2. The van der Waals surface area contributed by atoms with Gasteiger partial charge in [0.25, 0.3) is 0 Å². The number of methoxy groups -OCH3 is 1. The monoisotopic (exact) mass is 302 g/mol. The number of rotatable bonds is 10. The third kappa shape index (κ3) is 5.44. The SMILES string of the molecule is CCOC(=O)c1c(C)nsc1NCCCOCCOC. The van der Waals surface area contributed by atoms with Gasteiger partial charge in [0.2, 0.25) is 0 Å². The first kappa shape index (κ1) is 16.9. The van der Waals surface area contributed by atoms with Crippen molar-refractivity contribution in [3.05, 3.63) is 11.3 Å². The van der Waals surface area contributed by atoms with E-state index >= 15 is 0 Å². The number of aryl methyl sites for hydroxylation is 1. The first-order valence-electron chi connectivity index (χ1n) is 6.64. The van der Waals surface area contributed by atoms with Crippen LogP contribution in [-0.2, 0) is 14.2 Å². The Labute approximate surface area is 123 Å². The molecule has 0 amide bonds. The summed E-state index contributed by atoms with van der Waals surface area (Å²) < 4.78 is 19.5. The van der Waals surface area contributed by atoms with Crippen LogP contribution in [0.15, 0.2) is 0 Å². The highest BCUT2D eigenvalue weighted by Crippen LogP contribution is 2.25. The Hall–Kier alpha value is -1.18. The molecular weight excluding hydrogens is 280 g/mol. The van der Waals surface area contributed by atoms with E-state index in [0.29, 0.717) is 37.7 Å². The second kappa shape index (κ2) is 9.68. The Bertz CT molecular complexity index is 409. The Kier molecular flexibility index (Phi) is 8.17. The fraction of sp³-hybridized carbons (Fsp3) is 0.692. The van der Waals surface area contributed by atoms with Crippen LogP contribution < -0.4 is 5.32 Å². The fourth-order valence-corrected chi connectivity index (χ4v) is 2.36. The predicted molar refractivity (Wildman–Crippen MR) is 78.6 cm³/mol. The number of ether oxygens (including phenoxy) is 3. The van der Waals surface area contributed by atoms with Crippen LogP contribution in [0.5, 0.6) is 0 Å². The smallest absolute Gasteiger partial charge is 0.343 e. The maximum atomic E-state index is 11.8. The molecule has 0 fully saturated rings. The van der Waals surface area contributed by atoms with Gasteiger partial charge in [-0.05, 0) is 31.8 Å². The topological polar surface area (TPSA) is 69.7 Å². The van der Waals surface area contributed by atoms with Gasteiger partial charge in [0.05, 0.1) is 25.5 Å². The van der Waals surface area contributed by atoms with E-state index in [9.17, 15) is 4.79 Å². The normalized spacial score (nSPS) is 10.6. The van der Waals surface area contributed by atoms with E-state index in [2.05, 4.69) is 9.69 Å². The van der Waals surface area contributed by atoms with Crippen molar-refractivity contribution in [3.63, 3.8) is 0 Å². The summed E-state index contributed by atoms with van der Waals surface area (Å²) in [6.45, 7) is 6.54. The van der Waals surface area contributed by atoms with Crippen LogP contribution in [0.25, 0.3) is 0 Å². The second-order valence-corrected chi connectivity index (χ2v) is 4.85. The molecule has 0 bridgehead atoms. The highest BCUT2D eigenvalue weighted by molar-refractivity contribution is 7.10. The zero-order chi connectivity index (χ0) is 14.8. The van der Waals surface area contributed by atoms with Crippen molar-refractivity contribution in [2.75, 3.05) is 45.4 Å². The molecule has 7 heteroatoms.